The van der Waals surface area contributed by atoms with Crippen LogP contribution in [0.4, 0.5) is 0 Å². The Morgan fingerprint density at radius 2 is 1.88 bits per heavy atom. The molecule has 0 saturated carbocycles. The van der Waals surface area contributed by atoms with Crippen molar-refractivity contribution in [3.63, 3.8) is 0 Å². The van der Waals surface area contributed by atoms with Crippen molar-refractivity contribution in [1.82, 2.24) is 24.4 Å². The van der Waals surface area contributed by atoms with Gasteiger partial charge in [0, 0.05) is 49.0 Å². The maximum absolute atomic E-state index is 4.52. The molecule has 2 heterocycles. The highest BCUT2D eigenvalue weighted by Crippen LogP contribution is 2.16. The standard InChI is InChI=1S/C19H23N5/c1-4-24-9-8-20-18(24)14-23(3)13-16-11-21-19(22-12-16)17-7-5-6-15(2)10-17/h5-12H,4,13-14H2,1-3H3. The molecule has 0 atom stereocenters. The third-order valence-electron chi connectivity index (χ3n) is 3.99. The molecule has 0 spiro atoms. The minimum absolute atomic E-state index is 0.770. The van der Waals surface area contributed by atoms with E-state index >= 15 is 0 Å². The van der Waals surface area contributed by atoms with Crippen molar-refractivity contribution in [3.05, 3.63) is 66.0 Å². The Balaban J connectivity index is 1.65. The van der Waals surface area contributed by atoms with Crippen LogP contribution in [-0.4, -0.2) is 31.5 Å². The predicted molar refractivity (Wildman–Crippen MR) is 95.3 cm³/mol. The molecule has 0 N–H and O–H groups in total. The van der Waals surface area contributed by atoms with Crippen LogP contribution in [0, 0.1) is 6.92 Å². The molecular weight excluding hydrogens is 298 g/mol. The van der Waals surface area contributed by atoms with Crippen LogP contribution < -0.4 is 0 Å². The Hall–Kier alpha value is -2.53. The first kappa shape index (κ1) is 16.3. The summed E-state index contributed by atoms with van der Waals surface area (Å²) in [5.74, 6) is 1.85. The lowest BCUT2D eigenvalue weighted by Gasteiger charge is -2.16. The Bertz CT molecular complexity index is 792. The van der Waals surface area contributed by atoms with Gasteiger partial charge in [-0.05, 0) is 27.0 Å². The maximum Gasteiger partial charge on any atom is 0.159 e. The van der Waals surface area contributed by atoms with E-state index < -0.39 is 0 Å². The monoisotopic (exact) mass is 321 g/mol. The van der Waals surface area contributed by atoms with Gasteiger partial charge in [-0.15, -0.1) is 0 Å². The van der Waals surface area contributed by atoms with E-state index in [1.54, 1.807) is 0 Å². The number of rotatable bonds is 6. The van der Waals surface area contributed by atoms with E-state index in [4.69, 9.17) is 0 Å². The average molecular weight is 321 g/mol. The highest BCUT2D eigenvalue weighted by atomic mass is 15.2. The van der Waals surface area contributed by atoms with Gasteiger partial charge < -0.3 is 4.57 Å². The number of nitrogens with zero attached hydrogens (tertiary/aromatic N) is 5. The SMILES string of the molecule is CCn1ccnc1CN(C)Cc1cnc(-c2cccc(C)c2)nc1. The number of aromatic nitrogens is 4. The molecule has 0 aliphatic rings. The van der Waals surface area contributed by atoms with Gasteiger partial charge in [0.1, 0.15) is 5.82 Å². The second kappa shape index (κ2) is 7.36. The molecule has 0 radical (unpaired) electrons. The summed E-state index contributed by atoms with van der Waals surface area (Å²) in [5, 5.41) is 0. The normalized spacial score (nSPS) is 11.2. The number of benzene rings is 1. The molecule has 5 heteroatoms. The first-order chi connectivity index (χ1) is 11.7. The van der Waals surface area contributed by atoms with Gasteiger partial charge in [0.05, 0.1) is 6.54 Å². The van der Waals surface area contributed by atoms with Crippen LogP contribution in [-0.2, 0) is 19.6 Å². The van der Waals surface area contributed by atoms with Crippen molar-refractivity contribution < 1.29 is 0 Å². The van der Waals surface area contributed by atoms with Crippen molar-refractivity contribution in [2.75, 3.05) is 7.05 Å². The number of imidazole rings is 1. The van der Waals surface area contributed by atoms with E-state index in [1.807, 2.05) is 36.9 Å². The van der Waals surface area contributed by atoms with E-state index in [2.05, 4.69) is 57.4 Å². The minimum Gasteiger partial charge on any atom is -0.334 e. The zero-order valence-electron chi connectivity index (χ0n) is 14.5. The summed E-state index contributed by atoms with van der Waals surface area (Å²) in [7, 11) is 2.09. The van der Waals surface area contributed by atoms with Crippen molar-refractivity contribution in [2.45, 2.75) is 33.5 Å². The van der Waals surface area contributed by atoms with Crippen molar-refractivity contribution in [1.29, 1.82) is 0 Å². The Labute approximate surface area is 143 Å². The molecule has 0 aliphatic heterocycles. The molecule has 2 aromatic heterocycles. The van der Waals surface area contributed by atoms with Gasteiger partial charge in [0.15, 0.2) is 5.82 Å². The zero-order chi connectivity index (χ0) is 16.9. The van der Waals surface area contributed by atoms with E-state index in [1.165, 1.54) is 5.56 Å². The van der Waals surface area contributed by atoms with Crippen LogP contribution in [0.15, 0.2) is 49.1 Å². The maximum atomic E-state index is 4.52. The molecular formula is C19H23N5. The van der Waals surface area contributed by atoms with Gasteiger partial charge >= 0.3 is 0 Å². The summed E-state index contributed by atoms with van der Waals surface area (Å²) < 4.78 is 2.16. The minimum atomic E-state index is 0.770. The van der Waals surface area contributed by atoms with Crippen LogP contribution in [0.2, 0.25) is 0 Å². The molecule has 1 aromatic carbocycles. The molecule has 0 amide bonds. The summed E-state index contributed by atoms with van der Waals surface area (Å²) in [6, 6.07) is 8.25. The highest BCUT2D eigenvalue weighted by molar-refractivity contribution is 5.55. The lowest BCUT2D eigenvalue weighted by Crippen LogP contribution is -2.20. The molecule has 124 valence electrons. The lowest BCUT2D eigenvalue weighted by atomic mass is 10.1. The van der Waals surface area contributed by atoms with E-state index in [0.717, 1.165) is 42.4 Å². The second-order valence-electron chi connectivity index (χ2n) is 6.09. The first-order valence-electron chi connectivity index (χ1n) is 8.22. The van der Waals surface area contributed by atoms with Gasteiger partial charge in [0.25, 0.3) is 0 Å². The number of hydrogen-bond acceptors (Lipinski definition) is 4. The fraction of sp³-hybridized carbons (Fsp3) is 0.316. The third-order valence-corrected chi connectivity index (χ3v) is 3.99. The quantitative estimate of drug-likeness (QED) is 0.699. The fourth-order valence-electron chi connectivity index (χ4n) is 2.76. The van der Waals surface area contributed by atoms with Gasteiger partial charge in [-0.25, -0.2) is 15.0 Å². The zero-order valence-corrected chi connectivity index (χ0v) is 14.5. The predicted octanol–water partition coefficient (Wildman–Crippen LogP) is 3.30. The van der Waals surface area contributed by atoms with Crippen LogP contribution in [0.3, 0.4) is 0 Å². The molecule has 0 bridgehead atoms. The van der Waals surface area contributed by atoms with Crippen molar-refractivity contribution >= 4 is 0 Å². The van der Waals surface area contributed by atoms with Gasteiger partial charge in [-0.3, -0.25) is 4.90 Å². The van der Waals surface area contributed by atoms with Crippen molar-refractivity contribution in [2.24, 2.45) is 0 Å². The van der Waals surface area contributed by atoms with E-state index in [-0.39, 0.29) is 0 Å². The molecule has 0 saturated heterocycles. The fourth-order valence-corrected chi connectivity index (χ4v) is 2.76. The lowest BCUT2D eigenvalue weighted by molar-refractivity contribution is 0.305. The largest absolute Gasteiger partial charge is 0.334 e. The Morgan fingerprint density at radius 3 is 2.58 bits per heavy atom. The number of aryl methyl sites for hydroxylation is 2. The van der Waals surface area contributed by atoms with E-state index in [9.17, 15) is 0 Å². The van der Waals surface area contributed by atoms with Crippen LogP contribution in [0.1, 0.15) is 23.9 Å². The molecule has 0 unspecified atom stereocenters. The molecule has 5 nitrogen and oxygen atoms in total. The van der Waals surface area contributed by atoms with Gasteiger partial charge in [-0.2, -0.15) is 0 Å². The van der Waals surface area contributed by atoms with Gasteiger partial charge in [0.2, 0.25) is 0 Å². The van der Waals surface area contributed by atoms with Crippen LogP contribution in [0.5, 0.6) is 0 Å². The molecule has 3 aromatic rings. The highest BCUT2D eigenvalue weighted by Gasteiger charge is 2.08. The summed E-state index contributed by atoms with van der Waals surface area (Å²) in [5.41, 5.74) is 3.37. The van der Waals surface area contributed by atoms with Crippen LogP contribution >= 0.6 is 0 Å². The second-order valence-corrected chi connectivity index (χ2v) is 6.09. The average Bonchev–Trinajstić information content (AvgIpc) is 3.02. The Kier molecular flexibility index (Phi) is 5.01. The third kappa shape index (κ3) is 3.86. The first-order valence-corrected chi connectivity index (χ1v) is 8.22. The van der Waals surface area contributed by atoms with E-state index in [0.29, 0.717) is 0 Å². The molecule has 3 rings (SSSR count). The Morgan fingerprint density at radius 1 is 1.08 bits per heavy atom. The van der Waals surface area contributed by atoms with Crippen LogP contribution in [0.25, 0.3) is 11.4 Å². The molecule has 24 heavy (non-hydrogen) atoms. The topological polar surface area (TPSA) is 46.8 Å². The molecule has 0 aliphatic carbocycles. The summed E-state index contributed by atoms with van der Waals surface area (Å²) in [6.45, 7) is 6.75. The smallest absolute Gasteiger partial charge is 0.159 e. The summed E-state index contributed by atoms with van der Waals surface area (Å²) >= 11 is 0. The van der Waals surface area contributed by atoms with Crippen molar-refractivity contribution in [3.8, 4) is 11.4 Å². The summed E-state index contributed by atoms with van der Waals surface area (Å²) in [6.07, 6.45) is 7.69. The summed E-state index contributed by atoms with van der Waals surface area (Å²) in [4.78, 5) is 15.7. The number of hydrogen-bond donors (Lipinski definition) is 0. The van der Waals surface area contributed by atoms with Gasteiger partial charge in [-0.1, -0.05) is 23.8 Å². The molecule has 0 fully saturated rings.